The molecule has 176 valence electrons. The summed E-state index contributed by atoms with van der Waals surface area (Å²) in [4.78, 5) is 14.9. The molecule has 2 fully saturated rings. The summed E-state index contributed by atoms with van der Waals surface area (Å²) < 4.78 is 22.0. The number of nitrogens with one attached hydrogen (secondary N) is 2. The van der Waals surface area contributed by atoms with Gasteiger partial charge in [-0.1, -0.05) is 11.6 Å². The van der Waals surface area contributed by atoms with Gasteiger partial charge in [-0.15, -0.1) is 0 Å². The highest BCUT2D eigenvalue weighted by atomic mass is 35.5. The fraction of sp³-hybridized carbons (Fsp3) is 0.360. The number of nitrogens with zero attached hydrogens (tertiary/aromatic N) is 3. The van der Waals surface area contributed by atoms with Gasteiger partial charge in [-0.2, -0.15) is 5.10 Å². The van der Waals surface area contributed by atoms with E-state index in [0.717, 1.165) is 48.8 Å². The second kappa shape index (κ2) is 7.99. The van der Waals surface area contributed by atoms with E-state index in [4.69, 9.17) is 16.3 Å². The second-order valence-corrected chi connectivity index (χ2v) is 10.0. The first-order valence-corrected chi connectivity index (χ1v) is 11.8. The SMILES string of the molecule is Cn1ccc2c(OC3CC4(C3)CN(CCNc3cc5[nH]ncc5cc3F)C4)ccc(Cl)c2c1=O. The minimum atomic E-state index is -0.263. The predicted molar refractivity (Wildman–Crippen MR) is 131 cm³/mol. The summed E-state index contributed by atoms with van der Waals surface area (Å²) in [7, 11) is 1.72. The van der Waals surface area contributed by atoms with E-state index >= 15 is 0 Å². The maximum atomic E-state index is 14.2. The Morgan fingerprint density at radius 2 is 2.12 bits per heavy atom. The van der Waals surface area contributed by atoms with Crippen molar-refractivity contribution in [2.45, 2.75) is 18.9 Å². The van der Waals surface area contributed by atoms with E-state index in [2.05, 4.69) is 20.4 Å². The number of hydrogen-bond donors (Lipinski definition) is 2. The van der Waals surface area contributed by atoms with E-state index in [1.165, 1.54) is 10.6 Å². The standard InChI is InChI=1S/C25H25ClFN5O2/c1-31-6-4-17-22(3-2-18(26)23(17)24(31)33)34-16-10-25(11-16)13-32(14-25)7-5-28-21-9-20-15(8-19(21)27)12-29-30-20/h2-4,6,8-9,12,16,28H,5,7,10-11,13-14H2,1H3,(H,29,30). The van der Waals surface area contributed by atoms with Gasteiger partial charge in [0.05, 0.1) is 33.9 Å². The fourth-order valence-corrected chi connectivity index (χ4v) is 5.67. The average molecular weight is 482 g/mol. The lowest BCUT2D eigenvalue weighted by molar-refractivity contribution is -0.117. The first kappa shape index (κ1) is 21.4. The molecule has 3 heterocycles. The number of aryl methyl sites for hydroxylation is 1. The summed E-state index contributed by atoms with van der Waals surface area (Å²) in [6, 6.07) is 8.74. The molecule has 7 nitrogen and oxygen atoms in total. The van der Waals surface area contributed by atoms with Crippen molar-refractivity contribution in [2.24, 2.45) is 12.5 Å². The van der Waals surface area contributed by atoms with Crippen LogP contribution in [0.15, 0.2) is 47.5 Å². The lowest BCUT2D eigenvalue weighted by Gasteiger charge is -2.58. The molecule has 4 aromatic rings. The monoisotopic (exact) mass is 481 g/mol. The van der Waals surface area contributed by atoms with Crippen LogP contribution in [-0.4, -0.2) is 51.9 Å². The van der Waals surface area contributed by atoms with Crippen molar-refractivity contribution in [3.63, 3.8) is 0 Å². The molecule has 0 bridgehead atoms. The van der Waals surface area contributed by atoms with E-state index in [1.54, 1.807) is 31.6 Å². The van der Waals surface area contributed by atoms with Crippen LogP contribution >= 0.6 is 11.6 Å². The number of halogens is 2. The smallest absolute Gasteiger partial charge is 0.259 e. The van der Waals surface area contributed by atoms with E-state index in [0.29, 0.717) is 33.8 Å². The van der Waals surface area contributed by atoms with Crippen LogP contribution in [0.4, 0.5) is 10.1 Å². The van der Waals surface area contributed by atoms with Crippen LogP contribution in [0.2, 0.25) is 5.02 Å². The van der Waals surface area contributed by atoms with E-state index in [1.807, 2.05) is 12.1 Å². The zero-order valence-electron chi connectivity index (χ0n) is 18.8. The molecule has 1 aliphatic carbocycles. The van der Waals surface area contributed by atoms with E-state index in [9.17, 15) is 9.18 Å². The highest BCUT2D eigenvalue weighted by molar-refractivity contribution is 6.35. The quantitative estimate of drug-likeness (QED) is 0.432. The molecule has 2 aromatic heterocycles. The predicted octanol–water partition coefficient (Wildman–Crippen LogP) is 4.16. The first-order chi connectivity index (χ1) is 16.4. The molecule has 1 spiro atoms. The Morgan fingerprint density at radius 3 is 2.94 bits per heavy atom. The van der Waals surface area contributed by atoms with E-state index in [-0.39, 0.29) is 17.5 Å². The van der Waals surface area contributed by atoms with Crippen LogP contribution < -0.4 is 15.6 Å². The van der Waals surface area contributed by atoms with Crippen LogP contribution in [0.25, 0.3) is 21.7 Å². The van der Waals surface area contributed by atoms with Crippen LogP contribution in [0.3, 0.4) is 0 Å². The topological polar surface area (TPSA) is 75.2 Å². The van der Waals surface area contributed by atoms with Crippen molar-refractivity contribution < 1.29 is 9.13 Å². The molecule has 2 aliphatic rings. The Kier molecular flexibility index (Phi) is 5.04. The van der Waals surface area contributed by atoms with Gasteiger partial charge in [-0.05, 0) is 43.2 Å². The highest BCUT2D eigenvalue weighted by Crippen LogP contribution is 2.50. The number of H-pyrrole nitrogens is 1. The molecule has 2 N–H and O–H groups in total. The number of rotatable bonds is 6. The fourth-order valence-electron chi connectivity index (χ4n) is 5.43. The van der Waals surface area contributed by atoms with Gasteiger partial charge in [-0.3, -0.25) is 9.89 Å². The molecule has 1 aliphatic heterocycles. The maximum absolute atomic E-state index is 14.2. The van der Waals surface area contributed by atoms with Crippen LogP contribution in [-0.2, 0) is 7.05 Å². The van der Waals surface area contributed by atoms with Gasteiger partial charge in [0.1, 0.15) is 11.6 Å². The number of aromatic amines is 1. The van der Waals surface area contributed by atoms with Crippen LogP contribution in [0, 0.1) is 11.2 Å². The second-order valence-electron chi connectivity index (χ2n) is 9.64. The molecular formula is C25H25ClFN5O2. The van der Waals surface area contributed by atoms with Crippen LogP contribution in [0.5, 0.6) is 5.75 Å². The highest BCUT2D eigenvalue weighted by Gasteiger charge is 2.53. The van der Waals surface area contributed by atoms with Crippen molar-refractivity contribution >= 4 is 39.0 Å². The van der Waals surface area contributed by atoms with Gasteiger partial charge in [-0.25, -0.2) is 4.39 Å². The zero-order chi connectivity index (χ0) is 23.4. The van der Waals surface area contributed by atoms with Gasteiger partial charge in [0, 0.05) is 55.6 Å². The molecule has 9 heteroatoms. The third-order valence-corrected chi connectivity index (χ3v) is 7.47. The number of hydrogen-bond acceptors (Lipinski definition) is 5. The molecule has 0 atom stereocenters. The number of anilines is 1. The van der Waals surface area contributed by atoms with E-state index < -0.39 is 0 Å². The summed E-state index contributed by atoms with van der Waals surface area (Å²) in [5.74, 6) is 0.453. The van der Waals surface area contributed by atoms with Crippen molar-refractivity contribution in [3.8, 4) is 5.75 Å². The van der Waals surface area contributed by atoms with Gasteiger partial charge in [0.25, 0.3) is 5.56 Å². The van der Waals surface area contributed by atoms with Crippen LogP contribution in [0.1, 0.15) is 12.8 Å². The molecule has 1 saturated heterocycles. The molecule has 0 radical (unpaired) electrons. The molecule has 0 amide bonds. The molecule has 0 unspecified atom stereocenters. The molecule has 34 heavy (non-hydrogen) atoms. The van der Waals surface area contributed by atoms with Crippen molar-refractivity contribution in [1.82, 2.24) is 19.7 Å². The Hall–Kier alpha value is -3.10. The summed E-state index contributed by atoms with van der Waals surface area (Å²) in [6.45, 7) is 3.59. The number of likely N-dealkylation sites (tertiary alicyclic amines) is 1. The third kappa shape index (κ3) is 3.61. The summed E-state index contributed by atoms with van der Waals surface area (Å²) in [5, 5.41) is 12.5. The first-order valence-electron chi connectivity index (χ1n) is 11.4. The number of fused-ring (bicyclic) bond motifs is 2. The molecule has 1 saturated carbocycles. The Balaban J connectivity index is 1.01. The zero-order valence-corrected chi connectivity index (χ0v) is 19.5. The number of pyridine rings is 1. The normalized spacial score (nSPS) is 17.7. The van der Waals surface area contributed by atoms with Gasteiger partial charge in [0.15, 0.2) is 0 Å². The number of ether oxygens (including phenoxy) is 1. The Morgan fingerprint density at radius 1 is 1.29 bits per heavy atom. The molecule has 2 aromatic carbocycles. The van der Waals surface area contributed by atoms with Gasteiger partial charge < -0.3 is 19.5 Å². The summed E-state index contributed by atoms with van der Waals surface area (Å²) in [6.07, 6.45) is 5.50. The Labute approximate surface area is 200 Å². The maximum Gasteiger partial charge on any atom is 0.259 e. The summed E-state index contributed by atoms with van der Waals surface area (Å²) >= 11 is 6.29. The minimum absolute atomic E-state index is 0.120. The average Bonchev–Trinajstić information content (AvgIpc) is 3.21. The van der Waals surface area contributed by atoms with Crippen molar-refractivity contribution in [3.05, 3.63) is 63.9 Å². The lowest BCUT2D eigenvalue weighted by Crippen LogP contribution is -2.65. The molecule has 6 rings (SSSR count). The molecular weight excluding hydrogens is 457 g/mol. The third-order valence-electron chi connectivity index (χ3n) is 7.16. The van der Waals surface area contributed by atoms with Gasteiger partial charge in [0.2, 0.25) is 0 Å². The van der Waals surface area contributed by atoms with Gasteiger partial charge >= 0.3 is 0 Å². The largest absolute Gasteiger partial charge is 0.490 e. The lowest BCUT2D eigenvalue weighted by atomic mass is 9.62. The minimum Gasteiger partial charge on any atom is -0.490 e. The number of aromatic nitrogens is 3. The number of benzene rings is 2. The summed E-state index contributed by atoms with van der Waals surface area (Å²) in [5.41, 5.74) is 1.50. The van der Waals surface area contributed by atoms with Crippen molar-refractivity contribution in [1.29, 1.82) is 0 Å². The van der Waals surface area contributed by atoms with Crippen molar-refractivity contribution in [2.75, 3.05) is 31.5 Å². The Bertz CT molecular complexity index is 1450.